The zero-order chi connectivity index (χ0) is 37.4. The van der Waals surface area contributed by atoms with Crippen molar-refractivity contribution in [1.82, 2.24) is 0 Å². The lowest BCUT2D eigenvalue weighted by atomic mass is 9.91. The Bertz CT molecular complexity index is 1460. The van der Waals surface area contributed by atoms with E-state index in [1.54, 1.807) is 0 Å². The Morgan fingerprint density at radius 1 is 0.673 bits per heavy atom. The Labute approximate surface area is 317 Å². The minimum Gasteiger partial charge on any atom is -0.414 e. The average molecular weight is 743 g/mol. The highest BCUT2D eigenvalue weighted by molar-refractivity contribution is 6.99. The SMILES string of the molecule is C=CC[C@H]1C[C@H](OCc2ccccc2)C[C@@H](C[C@H]2C[C@@H](O[Si](C)(C)C(C)(C)C)C[C@H](CCO[Si](c3ccccc3)(c3ccccc3)C(C)(C)C)O2)O1. The molecule has 6 atom stereocenters. The van der Waals surface area contributed by atoms with E-state index in [1.165, 1.54) is 15.9 Å². The van der Waals surface area contributed by atoms with Crippen LogP contribution in [-0.4, -0.2) is 59.9 Å². The number of hydrogen-bond donors (Lipinski definition) is 0. The van der Waals surface area contributed by atoms with Crippen LogP contribution in [0.4, 0.5) is 0 Å². The van der Waals surface area contributed by atoms with E-state index in [9.17, 15) is 0 Å². The third kappa shape index (κ3) is 10.4. The molecule has 2 saturated heterocycles. The molecular formula is C45H66O5Si2. The van der Waals surface area contributed by atoms with Crippen LogP contribution in [0, 0.1) is 0 Å². The summed E-state index contributed by atoms with van der Waals surface area (Å²) in [5, 5.41) is 2.68. The fourth-order valence-corrected chi connectivity index (χ4v) is 13.9. The molecule has 0 aliphatic carbocycles. The normalized spacial score (nSPS) is 24.8. The fraction of sp³-hybridized carbons (Fsp3) is 0.556. The lowest BCUT2D eigenvalue weighted by molar-refractivity contribution is -0.152. The molecule has 3 aromatic carbocycles. The second-order valence-corrected chi connectivity index (χ2v) is 26.7. The highest BCUT2D eigenvalue weighted by atomic mass is 28.4. The first-order valence-electron chi connectivity index (χ1n) is 19.7. The van der Waals surface area contributed by atoms with Crippen LogP contribution < -0.4 is 10.4 Å². The number of rotatable bonds is 15. The van der Waals surface area contributed by atoms with Crippen LogP contribution in [0.5, 0.6) is 0 Å². The molecule has 7 heteroatoms. The topological polar surface area (TPSA) is 46.2 Å². The molecule has 2 aliphatic rings. The summed E-state index contributed by atoms with van der Waals surface area (Å²) in [6, 6.07) is 32.3. The van der Waals surface area contributed by atoms with Gasteiger partial charge in [0.1, 0.15) is 0 Å². The Hall–Kier alpha value is -2.37. The highest BCUT2D eigenvalue weighted by Gasteiger charge is 2.50. The average Bonchev–Trinajstić information content (AvgIpc) is 3.09. The van der Waals surface area contributed by atoms with Crippen LogP contribution in [0.2, 0.25) is 23.2 Å². The smallest absolute Gasteiger partial charge is 0.261 e. The van der Waals surface area contributed by atoms with Crippen LogP contribution in [0.15, 0.2) is 104 Å². The van der Waals surface area contributed by atoms with Crippen molar-refractivity contribution in [2.45, 2.75) is 153 Å². The van der Waals surface area contributed by atoms with Crippen molar-refractivity contribution in [2.75, 3.05) is 6.61 Å². The van der Waals surface area contributed by atoms with Gasteiger partial charge in [-0.05, 0) is 77.6 Å². The first kappa shape index (κ1) is 40.8. The van der Waals surface area contributed by atoms with Crippen LogP contribution in [0.25, 0.3) is 0 Å². The molecule has 2 heterocycles. The quantitative estimate of drug-likeness (QED) is 0.115. The van der Waals surface area contributed by atoms with Crippen LogP contribution >= 0.6 is 0 Å². The molecule has 5 rings (SSSR count). The fourth-order valence-electron chi connectivity index (χ4n) is 7.97. The van der Waals surface area contributed by atoms with E-state index in [1.807, 2.05) is 6.08 Å². The van der Waals surface area contributed by atoms with Gasteiger partial charge in [0, 0.05) is 19.1 Å². The predicted molar refractivity (Wildman–Crippen MR) is 220 cm³/mol. The van der Waals surface area contributed by atoms with E-state index in [4.69, 9.17) is 23.1 Å². The van der Waals surface area contributed by atoms with E-state index < -0.39 is 16.6 Å². The molecule has 3 aromatic rings. The Kier molecular flexibility index (Phi) is 14.0. The molecule has 0 aromatic heterocycles. The lowest BCUT2D eigenvalue weighted by Gasteiger charge is -2.45. The minimum atomic E-state index is -2.64. The molecule has 284 valence electrons. The monoisotopic (exact) mass is 742 g/mol. The van der Waals surface area contributed by atoms with Gasteiger partial charge < -0.3 is 23.1 Å². The maximum atomic E-state index is 7.34. The van der Waals surface area contributed by atoms with Crippen molar-refractivity contribution in [2.24, 2.45) is 0 Å². The van der Waals surface area contributed by atoms with E-state index >= 15 is 0 Å². The Morgan fingerprint density at radius 3 is 1.71 bits per heavy atom. The summed E-state index contributed by atoms with van der Waals surface area (Å²) >= 11 is 0. The lowest BCUT2D eigenvalue weighted by Crippen LogP contribution is -2.66. The first-order valence-corrected chi connectivity index (χ1v) is 24.5. The third-order valence-corrected chi connectivity index (χ3v) is 21.2. The summed E-state index contributed by atoms with van der Waals surface area (Å²) < 4.78 is 34.7. The van der Waals surface area contributed by atoms with Gasteiger partial charge in [-0.2, -0.15) is 0 Å². The van der Waals surface area contributed by atoms with Crippen LogP contribution in [0.3, 0.4) is 0 Å². The van der Waals surface area contributed by atoms with Gasteiger partial charge >= 0.3 is 0 Å². The predicted octanol–water partition coefficient (Wildman–Crippen LogP) is 9.99. The Morgan fingerprint density at radius 2 is 1.17 bits per heavy atom. The molecule has 5 nitrogen and oxygen atoms in total. The van der Waals surface area contributed by atoms with Crippen molar-refractivity contribution in [3.05, 3.63) is 109 Å². The van der Waals surface area contributed by atoms with E-state index in [0.29, 0.717) is 13.2 Å². The van der Waals surface area contributed by atoms with Crippen molar-refractivity contribution >= 4 is 27.0 Å². The van der Waals surface area contributed by atoms with E-state index in [0.717, 1.165) is 44.9 Å². The third-order valence-electron chi connectivity index (χ3n) is 11.6. The minimum absolute atomic E-state index is 0.0450. The molecule has 0 spiro atoms. The van der Waals surface area contributed by atoms with E-state index in [-0.39, 0.29) is 46.7 Å². The molecule has 2 fully saturated rings. The van der Waals surface area contributed by atoms with Crippen molar-refractivity contribution < 1.29 is 23.1 Å². The number of benzene rings is 3. The molecule has 0 bridgehead atoms. The van der Waals surface area contributed by atoms with Crippen LogP contribution in [0.1, 0.15) is 92.1 Å². The molecule has 0 radical (unpaired) electrons. The summed E-state index contributed by atoms with van der Waals surface area (Å²) in [4.78, 5) is 0. The zero-order valence-corrected chi connectivity index (χ0v) is 35.3. The summed E-state index contributed by atoms with van der Waals surface area (Å²) in [6.45, 7) is 24.0. The first-order chi connectivity index (χ1) is 24.7. The van der Waals surface area contributed by atoms with Gasteiger partial charge in [0.15, 0.2) is 8.32 Å². The summed E-state index contributed by atoms with van der Waals surface area (Å²) in [7, 11) is -4.64. The van der Waals surface area contributed by atoms with Gasteiger partial charge in [-0.3, -0.25) is 0 Å². The largest absolute Gasteiger partial charge is 0.414 e. The van der Waals surface area contributed by atoms with Crippen molar-refractivity contribution in [3.63, 3.8) is 0 Å². The zero-order valence-electron chi connectivity index (χ0n) is 33.3. The molecule has 52 heavy (non-hydrogen) atoms. The van der Waals surface area contributed by atoms with Gasteiger partial charge in [-0.1, -0.05) is 139 Å². The van der Waals surface area contributed by atoms with Crippen LogP contribution in [-0.2, 0) is 29.7 Å². The second kappa shape index (κ2) is 17.8. The number of hydrogen-bond acceptors (Lipinski definition) is 5. The maximum Gasteiger partial charge on any atom is 0.261 e. The Balaban J connectivity index is 1.33. The maximum absolute atomic E-state index is 7.34. The number of ether oxygens (including phenoxy) is 3. The molecule has 0 amide bonds. The molecular weight excluding hydrogens is 677 g/mol. The second-order valence-electron chi connectivity index (χ2n) is 17.7. The van der Waals surface area contributed by atoms with Gasteiger partial charge in [-0.25, -0.2) is 0 Å². The van der Waals surface area contributed by atoms with Crippen molar-refractivity contribution in [1.29, 1.82) is 0 Å². The van der Waals surface area contributed by atoms with E-state index in [2.05, 4.69) is 152 Å². The summed E-state index contributed by atoms with van der Waals surface area (Å²) in [5.41, 5.74) is 1.20. The molecule has 0 saturated carbocycles. The summed E-state index contributed by atoms with van der Waals surface area (Å²) in [5.74, 6) is 0. The molecule has 0 unspecified atom stereocenters. The van der Waals surface area contributed by atoms with Gasteiger partial charge in [0.05, 0.1) is 37.1 Å². The highest BCUT2D eigenvalue weighted by Crippen LogP contribution is 2.41. The molecule has 0 N–H and O–H groups in total. The van der Waals surface area contributed by atoms with Gasteiger partial charge in [0.2, 0.25) is 0 Å². The van der Waals surface area contributed by atoms with Gasteiger partial charge in [-0.15, -0.1) is 6.58 Å². The molecule has 2 aliphatic heterocycles. The van der Waals surface area contributed by atoms with Gasteiger partial charge in [0.25, 0.3) is 8.32 Å². The summed E-state index contributed by atoms with van der Waals surface area (Å²) in [6.07, 6.45) is 8.55. The van der Waals surface area contributed by atoms with Crippen molar-refractivity contribution in [3.8, 4) is 0 Å². The standard InChI is InChI=1S/C45H66O5Si2/c1-10-20-36-29-38(46-34-35-21-14-11-15-22-35)31-39(48-36)32-40-33-41(50-51(8,9)44(2,3)4)30-37(49-40)27-28-47-52(45(5,6)7,42-23-16-12-17-24-42)43-25-18-13-19-26-43/h10-19,21-26,36-41H,1,20,27-34H2,2-9H3/t36-,37-,38-,39-,40-,41-/m0/s1.